The number of carbonyl (C=O) groups is 1. The van der Waals surface area contributed by atoms with Gasteiger partial charge in [-0.1, -0.05) is 0 Å². The van der Waals surface area contributed by atoms with Crippen LogP contribution in [0.1, 0.15) is 36.4 Å². The highest BCUT2D eigenvalue weighted by Gasteiger charge is 2.28. The van der Waals surface area contributed by atoms with Crippen molar-refractivity contribution in [1.29, 1.82) is 0 Å². The van der Waals surface area contributed by atoms with Crippen molar-refractivity contribution in [2.45, 2.75) is 39.3 Å². The Labute approximate surface area is 134 Å². The van der Waals surface area contributed by atoms with Crippen LogP contribution >= 0.6 is 0 Å². The molecule has 0 radical (unpaired) electrons. The summed E-state index contributed by atoms with van der Waals surface area (Å²) >= 11 is 0. The fraction of sp³-hybridized carbons (Fsp3) is 0.562. The molecule has 3 rings (SSSR count). The Balaban J connectivity index is 1.89. The van der Waals surface area contributed by atoms with Gasteiger partial charge in [-0.05, 0) is 27.2 Å². The van der Waals surface area contributed by atoms with Gasteiger partial charge in [0.2, 0.25) is 5.71 Å². The van der Waals surface area contributed by atoms with Gasteiger partial charge in [0.05, 0.1) is 5.56 Å². The van der Waals surface area contributed by atoms with Crippen LogP contribution in [0, 0.1) is 6.92 Å². The molecule has 0 saturated carbocycles. The summed E-state index contributed by atoms with van der Waals surface area (Å²) < 4.78 is 6.84. The van der Waals surface area contributed by atoms with E-state index in [0.717, 1.165) is 19.5 Å². The van der Waals surface area contributed by atoms with Gasteiger partial charge in [-0.15, -0.1) is 0 Å². The monoisotopic (exact) mass is 318 g/mol. The van der Waals surface area contributed by atoms with Crippen molar-refractivity contribution >= 4 is 17.0 Å². The van der Waals surface area contributed by atoms with E-state index >= 15 is 0 Å². The molecule has 1 aliphatic heterocycles. The number of nitrogens with one attached hydrogen (secondary N) is 1. The summed E-state index contributed by atoms with van der Waals surface area (Å²) in [6, 6.07) is 0.555. The van der Waals surface area contributed by atoms with Gasteiger partial charge in [0.15, 0.2) is 0 Å². The van der Waals surface area contributed by atoms with Crippen LogP contribution in [0.25, 0.3) is 11.1 Å². The molecule has 7 nitrogen and oxygen atoms in total. The molecule has 0 bridgehead atoms. The number of amides is 1. The third kappa shape index (κ3) is 2.76. The molecular weight excluding hydrogens is 296 g/mol. The van der Waals surface area contributed by atoms with Crippen molar-refractivity contribution in [3.63, 3.8) is 0 Å². The fourth-order valence-electron chi connectivity index (χ4n) is 3.09. The summed E-state index contributed by atoms with van der Waals surface area (Å²) in [6.45, 7) is 7.78. The molecule has 1 N–H and O–H groups in total. The van der Waals surface area contributed by atoms with Gasteiger partial charge >= 0.3 is 0 Å². The maximum absolute atomic E-state index is 12.7. The van der Waals surface area contributed by atoms with Crippen molar-refractivity contribution in [1.82, 2.24) is 19.8 Å². The molecule has 1 atom stereocenters. The molecule has 1 unspecified atom stereocenters. The van der Waals surface area contributed by atoms with Crippen molar-refractivity contribution in [3.8, 4) is 0 Å². The summed E-state index contributed by atoms with van der Waals surface area (Å²) in [5.74, 6) is 0.161. The summed E-state index contributed by atoms with van der Waals surface area (Å²) in [7, 11) is 1.61. The van der Waals surface area contributed by atoms with Crippen LogP contribution < -0.4 is 10.9 Å². The molecule has 1 saturated heterocycles. The Kier molecular flexibility index (Phi) is 3.97. The normalized spacial score (nSPS) is 18.9. The van der Waals surface area contributed by atoms with Crippen LogP contribution in [0.3, 0.4) is 0 Å². The minimum atomic E-state index is -0.271. The first-order valence-corrected chi connectivity index (χ1v) is 7.88. The molecular formula is C16H22N4O3. The number of furan rings is 1. The van der Waals surface area contributed by atoms with E-state index in [4.69, 9.17) is 4.42 Å². The Morgan fingerprint density at radius 2 is 2.22 bits per heavy atom. The van der Waals surface area contributed by atoms with Crippen LogP contribution in [0.15, 0.2) is 15.5 Å². The first-order valence-electron chi connectivity index (χ1n) is 7.88. The Hall–Kier alpha value is -2.15. The predicted molar refractivity (Wildman–Crippen MR) is 86.6 cm³/mol. The molecule has 124 valence electrons. The average molecular weight is 318 g/mol. The van der Waals surface area contributed by atoms with E-state index < -0.39 is 0 Å². The van der Waals surface area contributed by atoms with E-state index in [9.17, 15) is 9.59 Å². The highest BCUT2D eigenvalue weighted by molar-refractivity contribution is 6.06. The fourth-order valence-corrected chi connectivity index (χ4v) is 3.09. The molecule has 1 fully saturated rings. The maximum atomic E-state index is 12.7. The van der Waals surface area contributed by atoms with Gasteiger partial charge in [0, 0.05) is 32.2 Å². The molecule has 23 heavy (non-hydrogen) atoms. The highest BCUT2D eigenvalue weighted by atomic mass is 16.3. The Morgan fingerprint density at radius 1 is 1.48 bits per heavy atom. The average Bonchev–Trinajstić information content (AvgIpc) is 3.07. The van der Waals surface area contributed by atoms with E-state index in [1.54, 1.807) is 14.0 Å². The maximum Gasteiger partial charge on any atom is 0.265 e. The zero-order valence-electron chi connectivity index (χ0n) is 13.9. The molecule has 1 amide bonds. The van der Waals surface area contributed by atoms with E-state index in [1.807, 2.05) is 0 Å². The number of rotatable bonds is 3. The van der Waals surface area contributed by atoms with Crippen LogP contribution in [0.4, 0.5) is 0 Å². The second-order valence-electron chi connectivity index (χ2n) is 6.42. The van der Waals surface area contributed by atoms with Gasteiger partial charge < -0.3 is 14.3 Å². The molecule has 0 aromatic carbocycles. The minimum Gasteiger partial charge on any atom is -0.442 e. The van der Waals surface area contributed by atoms with Crippen molar-refractivity contribution in [3.05, 3.63) is 28.0 Å². The summed E-state index contributed by atoms with van der Waals surface area (Å²) in [5, 5.41) is 3.28. The second-order valence-corrected chi connectivity index (χ2v) is 6.42. The van der Waals surface area contributed by atoms with E-state index in [1.165, 1.54) is 10.9 Å². The molecule has 3 heterocycles. The molecule has 0 aliphatic carbocycles. The number of aromatic nitrogens is 2. The van der Waals surface area contributed by atoms with Crippen molar-refractivity contribution in [2.75, 3.05) is 13.1 Å². The summed E-state index contributed by atoms with van der Waals surface area (Å²) in [4.78, 5) is 31.4. The minimum absolute atomic E-state index is 0.0924. The van der Waals surface area contributed by atoms with E-state index in [-0.39, 0.29) is 28.6 Å². The smallest absolute Gasteiger partial charge is 0.265 e. The summed E-state index contributed by atoms with van der Waals surface area (Å²) in [6.07, 6.45) is 2.31. The number of hydrogen-bond donors (Lipinski definition) is 1. The van der Waals surface area contributed by atoms with Crippen LogP contribution in [-0.2, 0) is 7.05 Å². The molecule has 1 aliphatic rings. The first kappa shape index (κ1) is 15.7. The van der Waals surface area contributed by atoms with Crippen molar-refractivity contribution < 1.29 is 9.21 Å². The van der Waals surface area contributed by atoms with Crippen LogP contribution in [0.5, 0.6) is 0 Å². The SMILES string of the molecule is Cc1oc2ncn(C)c(=O)c2c1C(=O)NC1CCN(C(C)C)C1. The molecule has 2 aromatic rings. The lowest BCUT2D eigenvalue weighted by atomic mass is 10.1. The lowest BCUT2D eigenvalue weighted by Crippen LogP contribution is -2.39. The van der Waals surface area contributed by atoms with Gasteiger partial charge in [-0.2, -0.15) is 0 Å². The van der Waals surface area contributed by atoms with Gasteiger partial charge in [-0.25, -0.2) is 4.98 Å². The molecule has 0 spiro atoms. The summed E-state index contributed by atoms with van der Waals surface area (Å²) in [5.41, 5.74) is 0.245. The zero-order valence-corrected chi connectivity index (χ0v) is 13.9. The zero-order chi connectivity index (χ0) is 16.7. The quantitative estimate of drug-likeness (QED) is 0.915. The van der Waals surface area contributed by atoms with Gasteiger partial charge in [0.25, 0.3) is 11.5 Å². The highest BCUT2D eigenvalue weighted by Crippen LogP contribution is 2.21. The third-order valence-corrected chi connectivity index (χ3v) is 4.46. The van der Waals surface area contributed by atoms with E-state index in [2.05, 4.69) is 29.0 Å². The Morgan fingerprint density at radius 3 is 2.87 bits per heavy atom. The van der Waals surface area contributed by atoms with Gasteiger partial charge in [-0.3, -0.25) is 14.5 Å². The largest absolute Gasteiger partial charge is 0.442 e. The van der Waals surface area contributed by atoms with Crippen LogP contribution in [-0.4, -0.2) is 45.5 Å². The number of carbonyl (C=O) groups excluding carboxylic acids is 1. The lowest BCUT2D eigenvalue weighted by Gasteiger charge is -2.20. The Bertz CT molecular complexity index is 805. The topological polar surface area (TPSA) is 80.4 Å². The van der Waals surface area contributed by atoms with Crippen LogP contribution in [0.2, 0.25) is 0 Å². The predicted octanol–water partition coefficient (Wildman–Crippen LogP) is 1.05. The van der Waals surface area contributed by atoms with Crippen molar-refractivity contribution in [2.24, 2.45) is 7.05 Å². The standard InChI is InChI=1S/C16H22N4O3/c1-9(2)20-6-5-11(7-20)18-14(21)12-10(3)23-15-13(12)16(22)19(4)8-17-15/h8-9,11H,5-7H2,1-4H3,(H,18,21). The number of hydrogen-bond acceptors (Lipinski definition) is 5. The number of nitrogens with zero attached hydrogens (tertiary/aromatic N) is 3. The number of likely N-dealkylation sites (tertiary alicyclic amines) is 1. The number of aryl methyl sites for hydroxylation is 2. The first-order chi connectivity index (χ1) is 10.9. The lowest BCUT2D eigenvalue weighted by molar-refractivity contribution is 0.0936. The molecule has 2 aromatic heterocycles. The molecule has 7 heteroatoms. The van der Waals surface area contributed by atoms with E-state index in [0.29, 0.717) is 17.4 Å². The third-order valence-electron chi connectivity index (χ3n) is 4.46. The van der Waals surface area contributed by atoms with Gasteiger partial charge in [0.1, 0.15) is 17.5 Å². The second kappa shape index (κ2) is 5.81. The number of fused-ring (bicyclic) bond motifs is 1.